The summed E-state index contributed by atoms with van der Waals surface area (Å²) >= 11 is 0. The van der Waals surface area contributed by atoms with Crippen LogP contribution in [0.25, 0.3) is 0 Å². The molecular formula is C24H38N2O6. The van der Waals surface area contributed by atoms with Crippen molar-refractivity contribution in [2.45, 2.75) is 91.5 Å². The number of urea groups is 1. The van der Waals surface area contributed by atoms with E-state index in [0.717, 1.165) is 38.5 Å². The van der Waals surface area contributed by atoms with Crippen molar-refractivity contribution < 1.29 is 28.7 Å². The van der Waals surface area contributed by atoms with E-state index in [0.29, 0.717) is 19.4 Å². The number of ether oxygens (including phenoxy) is 2. The number of nitrogens with zero attached hydrogens (tertiary/aromatic N) is 1. The Balaban J connectivity index is 1.90. The molecule has 1 heterocycles. The van der Waals surface area contributed by atoms with Gasteiger partial charge in [-0.2, -0.15) is 0 Å². The largest absolute Gasteiger partial charge is 0.428 e. The normalized spacial score (nSPS) is 25.4. The molecule has 1 saturated carbocycles. The zero-order valence-corrected chi connectivity index (χ0v) is 20.0. The third-order valence-electron chi connectivity index (χ3n) is 6.28. The number of carbonyl (C=O) groups excluding carboxylic acids is 4. The van der Waals surface area contributed by atoms with Crippen molar-refractivity contribution in [2.24, 2.45) is 10.8 Å². The van der Waals surface area contributed by atoms with E-state index in [1.54, 1.807) is 0 Å². The molecule has 0 aromatic carbocycles. The van der Waals surface area contributed by atoms with E-state index < -0.39 is 18.7 Å². The van der Waals surface area contributed by atoms with E-state index in [-0.39, 0.29) is 40.8 Å². The van der Waals surface area contributed by atoms with Crippen molar-refractivity contribution in [1.29, 1.82) is 0 Å². The number of carbonyl (C=O) groups is 4. The van der Waals surface area contributed by atoms with Crippen molar-refractivity contribution >= 4 is 23.9 Å². The van der Waals surface area contributed by atoms with Crippen LogP contribution in [-0.4, -0.2) is 48.2 Å². The Morgan fingerprint density at radius 2 is 1.84 bits per heavy atom. The second-order valence-corrected chi connectivity index (χ2v) is 10.4. The Hall–Kier alpha value is -2.38. The molecule has 2 fully saturated rings. The molecule has 1 aliphatic carbocycles. The predicted molar refractivity (Wildman–Crippen MR) is 119 cm³/mol. The van der Waals surface area contributed by atoms with E-state index >= 15 is 0 Å². The molecule has 180 valence electrons. The summed E-state index contributed by atoms with van der Waals surface area (Å²) in [5, 5.41) is 3.09. The maximum absolute atomic E-state index is 12.8. The smallest absolute Gasteiger partial charge is 0.335 e. The van der Waals surface area contributed by atoms with E-state index in [9.17, 15) is 19.2 Å². The second-order valence-electron chi connectivity index (χ2n) is 10.4. The Morgan fingerprint density at radius 3 is 2.53 bits per heavy atom. The van der Waals surface area contributed by atoms with Gasteiger partial charge in [0.1, 0.15) is 0 Å². The van der Waals surface area contributed by atoms with Crippen LogP contribution >= 0.6 is 0 Å². The van der Waals surface area contributed by atoms with E-state index in [2.05, 4.69) is 32.7 Å². The fourth-order valence-electron chi connectivity index (χ4n) is 5.12. The summed E-state index contributed by atoms with van der Waals surface area (Å²) in [6.45, 7) is 11.5. The summed E-state index contributed by atoms with van der Waals surface area (Å²) in [4.78, 5) is 49.9. The van der Waals surface area contributed by atoms with Crippen molar-refractivity contribution in [1.82, 2.24) is 10.2 Å². The number of imide groups is 1. The molecular weight excluding hydrogens is 412 g/mol. The fraction of sp³-hybridized carbons (Fsp3) is 0.750. The van der Waals surface area contributed by atoms with Crippen molar-refractivity contribution in [3.63, 3.8) is 0 Å². The lowest BCUT2D eigenvalue weighted by Crippen LogP contribution is -2.52. The van der Waals surface area contributed by atoms with E-state index in [1.165, 1.54) is 11.8 Å². The number of rotatable bonds is 7. The highest BCUT2D eigenvalue weighted by atomic mass is 16.7. The zero-order chi connectivity index (χ0) is 23.9. The minimum absolute atomic E-state index is 0.0192. The highest BCUT2D eigenvalue weighted by molar-refractivity contribution is 5.94. The average Bonchev–Trinajstić information content (AvgIpc) is 2.89. The quantitative estimate of drug-likeness (QED) is 0.356. The van der Waals surface area contributed by atoms with Crippen LogP contribution in [0.5, 0.6) is 0 Å². The lowest BCUT2D eigenvalue weighted by molar-refractivity contribution is -0.165. The van der Waals surface area contributed by atoms with E-state index in [1.807, 2.05) is 0 Å². The van der Waals surface area contributed by atoms with Gasteiger partial charge in [-0.05, 0) is 56.3 Å². The van der Waals surface area contributed by atoms with Gasteiger partial charge in [0, 0.05) is 31.0 Å². The Kier molecular flexibility index (Phi) is 8.87. The minimum atomic E-state index is -0.597. The molecule has 1 N–H and O–H groups in total. The third-order valence-corrected chi connectivity index (χ3v) is 6.28. The number of nitrogens with one attached hydrogen (secondary N) is 1. The molecule has 3 amide bonds. The lowest BCUT2D eigenvalue weighted by atomic mass is 9.61. The Bertz CT molecular complexity index is 747. The standard InChI is InChI=1S/C24H38N2O6/c1-17(2)21(29)32-16-31-20(28)10-11-24(5)14-18(13-23(3,4)15-24)25-22(30)26-12-8-6-7-9-19(26)27/h18H,1,6-16H2,2-5H3,(H,25,30). The average molecular weight is 451 g/mol. The lowest BCUT2D eigenvalue weighted by Gasteiger charge is -2.47. The summed E-state index contributed by atoms with van der Waals surface area (Å²) in [5.41, 5.74) is 0.0536. The maximum Gasteiger partial charge on any atom is 0.335 e. The summed E-state index contributed by atoms with van der Waals surface area (Å²) in [6, 6.07) is -0.375. The Labute approximate surface area is 191 Å². The number of esters is 2. The van der Waals surface area contributed by atoms with Crippen LogP contribution in [0.2, 0.25) is 0 Å². The first-order valence-electron chi connectivity index (χ1n) is 11.5. The van der Waals surface area contributed by atoms with Gasteiger partial charge < -0.3 is 14.8 Å². The van der Waals surface area contributed by atoms with Gasteiger partial charge in [0.05, 0.1) is 0 Å². The molecule has 1 aliphatic heterocycles. The molecule has 2 rings (SSSR count). The third kappa shape index (κ3) is 7.95. The first kappa shape index (κ1) is 25.9. The van der Waals surface area contributed by atoms with E-state index in [4.69, 9.17) is 9.47 Å². The van der Waals surface area contributed by atoms with Gasteiger partial charge in [0.2, 0.25) is 12.7 Å². The molecule has 32 heavy (non-hydrogen) atoms. The predicted octanol–water partition coefficient (Wildman–Crippen LogP) is 4.08. The summed E-state index contributed by atoms with van der Waals surface area (Å²) in [5.74, 6) is -1.13. The van der Waals surface area contributed by atoms with Gasteiger partial charge in [-0.1, -0.05) is 33.8 Å². The molecule has 8 nitrogen and oxygen atoms in total. The van der Waals surface area contributed by atoms with Crippen molar-refractivity contribution in [2.75, 3.05) is 13.3 Å². The van der Waals surface area contributed by atoms with Crippen LogP contribution in [0.1, 0.15) is 85.5 Å². The minimum Gasteiger partial charge on any atom is -0.428 e. The van der Waals surface area contributed by atoms with Crippen LogP contribution in [0.4, 0.5) is 4.79 Å². The highest BCUT2D eigenvalue weighted by Gasteiger charge is 2.42. The second kappa shape index (κ2) is 11.0. The van der Waals surface area contributed by atoms with Crippen molar-refractivity contribution in [3.05, 3.63) is 12.2 Å². The number of amides is 3. The molecule has 2 aliphatic rings. The van der Waals surface area contributed by atoms with Gasteiger partial charge >= 0.3 is 18.0 Å². The fourth-order valence-corrected chi connectivity index (χ4v) is 5.12. The first-order valence-corrected chi connectivity index (χ1v) is 11.5. The monoisotopic (exact) mass is 450 g/mol. The number of likely N-dealkylation sites (tertiary alicyclic amines) is 1. The SMILES string of the molecule is C=C(C)C(=O)OCOC(=O)CCC1(C)CC(NC(=O)N2CCCCCC2=O)CC(C)(C)C1. The number of hydrogen-bond acceptors (Lipinski definition) is 6. The molecule has 0 aromatic heterocycles. The van der Waals surface area contributed by atoms with Gasteiger partial charge in [-0.25, -0.2) is 9.59 Å². The van der Waals surface area contributed by atoms with Crippen LogP contribution < -0.4 is 5.32 Å². The van der Waals surface area contributed by atoms with Gasteiger partial charge in [0.25, 0.3) is 0 Å². The molecule has 2 atom stereocenters. The molecule has 8 heteroatoms. The zero-order valence-electron chi connectivity index (χ0n) is 20.0. The summed E-state index contributed by atoms with van der Waals surface area (Å²) < 4.78 is 9.81. The molecule has 2 unspecified atom stereocenters. The summed E-state index contributed by atoms with van der Waals surface area (Å²) in [7, 11) is 0. The molecule has 0 bridgehead atoms. The van der Waals surface area contributed by atoms with Gasteiger partial charge in [-0.3, -0.25) is 14.5 Å². The van der Waals surface area contributed by atoms with Crippen molar-refractivity contribution in [3.8, 4) is 0 Å². The van der Waals surface area contributed by atoms with Crippen LogP contribution in [0.3, 0.4) is 0 Å². The molecule has 0 radical (unpaired) electrons. The molecule has 1 saturated heterocycles. The van der Waals surface area contributed by atoms with Crippen LogP contribution in [0, 0.1) is 10.8 Å². The number of hydrogen-bond donors (Lipinski definition) is 1. The molecule has 0 aromatic rings. The topological polar surface area (TPSA) is 102 Å². The van der Waals surface area contributed by atoms with Gasteiger partial charge in [0.15, 0.2) is 0 Å². The first-order chi connectivity index (χ1) is 14.9. The van der Waals surface area contributed by atoms with Gasteiger partial charge in [-0.15, -0.1) is 0 Å². The maximum atomic E-state index is 12.8. The van der Waals surface area contributed by atoms with Crippen LogP contribution in [-0.2, 0) is 23.9 Å². The summed E-state index contributed by atoms with van der Waals surface area (Å²) in [6.07, 6.45) is 6.31. The highest BCUT2D eigenvalue weighted by Crippen LogP contribution is 2.48. The molecule has 0 spiro atoms. The van der Waals surface area contributed by atoms with Crippen LogP contribution in [0.15, 0.2) is 12.2 Å². The Morgan fingerprint density at radius 1 is 1.12 bits per heavy atom.